The largest absolute Gasteiger partial charge is 0.351 e. The van der Waals surface area contributed by atoms with Gasteiger partial charge in [-0.2, -0.15) is 0 Å². The highest BCUT2D eigenvalue weighted by Crippen LogP contribution is 2.01. The second-order valence-electron chi connectivity index (χ2n) is 2.89. The molecule has 0 spiro atoms. The van der Waals surface area contributed by atoms with Crippen LogP contribution in [-0.2, 0) is 4.79 Å². The van der Waals surface area contributed by atoms with E-state index in [1.807, 2.05) is 13.8 Å². The highest BCUT2D eigenvalue weighted by atomic mass is 16.2. The van der Waals surface area contributed by atoms with Gasteiger partial charge in [0, 0.05) is 13.5 Å². The minimum atomic E-state index is -0.698. The topological polar surface area (TPSA) is 63.4 Å². The van der Waals surface area contributed by atoms with Gasteiger partial charge in [-0.25, -0.2) is 4.79 Å². The number of imide groups is 1. The summed E-state index contributed by atoms with van der Waals surface area (Å²) in [4.78, 5) is 22.4. The summed E-state index contributed by atoms with van der Waals surface area (Å²) in [7, 11) is 1.38. The molecule has 0 heterocycles. The molecule has 0 aromatic heterocycles. The van der Waals surface area contributed by atoms with Gasteiger partial charge in [-0.1, -0.05) is 13.8 Å². The van der Waals surface area contributed by atoms with Crippen LogP contribution < -0.4 is 5.73 Å². The van der Waals surface area contributed by atoms with Gasteiger partial charge in [0.05, 0.1) is 0 Å². The van der Waals surface area contributed by atoms with Crippen molar-refractivity contribution in [2.75, 3.05) is 7.05 Å². The summed E-state index contributed by atoms with van der Waals surface area (Å²) in [6.07, 6.45) is 0.361. The molecular weight excluding hydrogens is 144 g/mol. The fourth-order valence-corrected chi connectivity index (χ4v) is 0.609. The molecule has 64 valence electrons. The molecule has 0 aliphatic heterocycles. The van der Waals surface area contributed by atoms with Crippen LogP contribution in [-0.4, -0.2) is 23.9 Å². The SMILES string of the molecule is CC(C)CC(=O)N(C)C(N)=O. The van der Waals surface area contributed by atoms with Crippen molar-refractivity contribution in [2.45, 2.75) is 20.3 Å². The highest BCUT2D eigenvalue weighted by molar-refractivity contribution is 5.93. The molecule has 0 fully saturated rings. The van der Waals surface area contributed by atoms with Crippen LogP contribution in [0.3, 0.4) is 0 Å². The summed E-state index contributed by atoms with van der Waals surface area (Å²) in [5.74, 6) is 0.0248. The average Bonchev–Trinajstić information content (AvgIpc) is 1.84. The zero-order valence-electron chi connectivity index (χ0n) is 7.13. The molecule has 4 heteroatoms. The maximum absolute atomic E-state index is 11.0. The first-order chi connectivity index (χ1) is 4.95. The molecule has 2 N–H and O–H groups in total. The Balaban J connectivity index is 3.93. The number of nitrogens with zero attached hydrogens (tertiary/aromatic N) is 1. The lowest BCUT2D eigenvalue weighted by atomic mass is 10.1. The van der Waals surface area contributed by atoms with Crippen molar-refractivity contribution >= 4 is 11.9 Å². The van der Waals surface area contributed by atoms with Crippen molar-refractivity contribution in [3.63, 3.8) is 0 Å². The van der Waals surface area contributed by atoms with E-state index in [1.165, 1.54) is 7.05 Å². The van der Waals surface area contributed by atoms with E-state index in [0.717, 1.165) is 4.90 Å². The predicted molar refractivity (Wildman–Crippen MR) is 41.8 cm³/mol. The molecule has 0 rings (SSSR count). The van der Waals surface area contributed by atoms with Gasteiger partial charge in [0.15, 0.2) is 0 Å². The van der Waals surface area contributed by atoms with Gasteiger partial charge in [-0.3, -0.25) is 9.69 Å². The zero-order valence-corrected chi connectivity index (χ0v) is 7.13. The quantitative estimate of drug-likeness (QED) is 0.638. The van der Waals surface area contributed by atoms with Crippen LogP contribution in [0, 0.1) is 5.92 Å². The van der Waals surface area contributed by atoms with E-state index in [4.69, 9.17) is 5.73 Å². The summed E-state index contributed by atoms with van der Waals surface area (Å²) in [5, 5.41) is 0. The average molecular weight is 158 g/mol. The molecule has 0 aromatic carbocycles. The first-order valence-corrected chi connectivity index (χ1v) is 3.51. The molecule has 0 unspecified atom stereocenters. The minimum Gasteiger partial charge on any atom is -0.351 e. The number of hydrogen-bond acceptors (Lipinski definition) is 2. The fraction of sp³-hybridized carbons (Fsp3) is 0.714. The van der Waals surface area contributed by atoms with E-state index in [0.29, 0.717) is 6.42 Å². The smallest absolute Gasteiger partial charge is 0.321 e. The Morgan fingerprint density at radius 1 is 1.45 bits per heavy atom. The van der Waals surface area contributed by atoms with Gasteiger partial charge in [-0.05, 0) is 5.92 Å². The third-order valence-corrected chi connectivity index (χ3v) is 1.29. The summed E-state index contributed by atoms with van der Waals surface area (Å²) >= 11 is 0. The van der Waals surface area contributed by atoms with E-state index in [-0.39, 0.29) is 11.8 Å². The second kappa shape index (κ2) is 3.95. The van der Waals surface area contributed by atoms with Crippen LogP contribution in [0.1, 0.15) is 20.3 Å². The molecule has 0 atom stereocenters. The Kier molecular flexibility index (Phi) is 3.57. The summed E-state index contributed by atoms with van der Waals surface area (Å²) in [5.41, 5.74) is 4.88. The monoisotopic (exact) mass is 158 g/mol. The lowest BCUT2D eigenvalue weighted by Crippen LogP contribution is -2.37. The Labute approximate surface area is 66.4 Å². The van der Waals surface area contributed by atoms with Crippen LogP contribution in [0.4, 0.5) is 4.79 Å². The van der Waals surface area contributed by atoms with Crippen LogP contribution >= 0.6 is 0 Å². The summed E-state index contributed by atoms with van der Waals surface area (Å²) in [6, 6.07) is -0.698. The maximum atomic E-state index is 11.0. The summed E-state index contributed by atoms with van der Waals surface area (Å²) < 4.78 is 0. The highest BCUT2D eigenvalue weighted by Gasteiger charge is 2.13. The Bertz CT molecular complexity index is 166. The van der Waals surface area contributed by atoms with Crippen molar-refractivity contribution in [3.8, 4) is 0 Å². The standard InChI is InChI=1S/C7H14N2O2/c1-5(2)4-6(10)9(3)7(8)11/h5H,4H2,1-3H3,(H2,8,11). The molecule has 3 amide bonds. The minimum absolute atomic E-state index is 0.229. The van der Waals surface area contributed by atoms with Gasteiger partial charge < -0.3 is 5.73 Å². The molecule has 0 radical (unpaired) electrons. The molecule has 0 saturated carbocycles. The van der Waals surface area contributed by atoms with E-state index < -0.39 is 6.03 Å². The second-order valence-corrected chi connectivity index (χ2v) is 2.89. The van der Waals surface area contributed by atoms with Crippen molar-refractivity contribution in [2.24, 2.45) is 11.7 Å². The van der Waals surface area contributed by atoms with Gasteiger partial charge in [0.1, 0.15) is 0 Å². The number of nitrogens with two attached hydrogens (primary N) is 1. The van der Waals surface area contributed by atoms with Crippen LogP contribution in [0.15, 0.2) is 0 Å². The van der Waals surface area contributed by atoms with Crippen molar-refractivity contribution in [3.05, 3.63) is 0 Å². The first-order valence-electron chi connectivity index (χ1n) is 3.51. The number of hydrogen-bond donors (Lipinski definition) is 1. The number of amides is 3. The maximum Gasteiger partial charge on any atom is 0.321 e. The van der Waals surface area contributed by atoms with Crippen LogP contribution in [0.25, 0.3) is 0 Å². The van der Waals surface area contributed by atoms with Crippen LogP contribution in [0.5, 0.6) is 0 Å². The summed E-state index contributed by atoms with van der Waals surface area (Å²) in [6.45, 7) is 3.82. The molecule has 0 bridgehead atoms. The number of rotatable bonds is 2. The lowest BCUT2D eigenvalue weighted by molar-refractivity contribution is -0.127. The van der Waals surface area contributed by atoms with Crippen molar-refractivity contribution in [1.82, 2.24) is 4.90 Å². The van der Waals surface area contributed by atoms with E-state index in [1.54, 1.807) is 0 Å². The van der Waals surface area contributed by atoms with E-state index in [2.05, 4.69) is 0 Å². The zero-order chi connectivity index (χ0) is 9.02. The number of urea groups is 1. The molecule has 11 heavy (non-hydrogen) atoms. The van der Waals surface area contributed by atoms with E-state index in [9.17, 15) is 9.59 Å². The molecule has 0 aromatic rings. The van der Waals surface area contributed by atoms with Gasteiger partial charge >= 0.3 is 6.03 Å². The molecule has 0 aliphatic rings. The predicted octanol–water partition coefficient (Wildman–Crippen LogP) is 0.570. The third kappa shape index (κ3) is 3.60. The third-order valence-electron chi connectivity index (χ3n) is 1.29. The van der Waals surface area contributed by atoms with Crippen LogP contribution in [0.2, 0.25) is 0 Å². The molecule has 4 nitrogen and oxygen atoms in total. The lowest BCUT2D eigenvalue weighted by Gasteiger charge is -2.12. The molecule has 0 saturated heterocycles. The fourth-order valence-electron chi connectivity index (χ4n) is 0.609. The van der Waals surface area contributed by atoms with Crippen molar-refractivity contribution in [1.29, 1.82) is 0 Å². The number of carbonyl (C=O) groups excluding carboxylic acids is 2. The van der Waals surface area contributed by atoms with Crippen molar-refractivity contribution < 1.29 is 9.59 Å². The Morgan fingerprint density at radius 2 is 1.91 bits per heavy atom. The van der Waals surface area contributed by atoms with Gasteiger partial charge in [-0.15, -0.1) is 0 Å². The first kappa shape index (κ1) is 9.94. The number of primary amides is 1. The Hall–Kier alpha value is -1.06. The van der Waals surface area contributed by atoms with Gasteiger partial charge in [0.25, 0.3) is 0 Å². The van der Waals surface area contributed by atoms with Gasteiger partial charge in [0.2, 0.25) is 5.91 Å². The van der Waals surface area contributed by atoms with E-state index >= 15 is 0 Å². The number of carbonyl (C=O) groups is 2. The molecule has 0 aliphatic carbocycles. The molecular formula is C7H14N2O2. The normalized spacial score (nSPS) is 9.82. The Morgan fingerprint density at radius 3 is 2.18 bits per heavy atom.